The van der Waals surface area contributed by atoms with Gasteiger partial charge in [-0.1, -0.05) is 86.3 Å². The molecule has 0 aliphatic rings. The van der Waals surface area contributed by atoms with Crippen molar-refractivity contribution >= 4 is 34.1 Å². The summed E-state index contributed by atoms with van der Waals surface area (Å²) in [6.45, 7) is 11.0. The van der Waals surface area contributed by atoms with E-state index in [1.54, 1.807) is 0 Å². The molecule has 2 nitrogen and oxygen atoms in total. The zero-order valence-corrected chi connectivity index (χ0v) is 26.6. The van der Waals surface area contributed by atoms with Crippen molar-refractivity contribution in [1.82, 2.24) is 0 Å². The second-order valence-electron chi connectivity index (χ2n) is 11.9. The summed E-state index contributed by atoms with van der Waals surface area (Å²) in [5.74, 6) is 0. The van der Waals surface area contributed by atoms with Crippen molar-refractivity contribution in [2.45, 2.75) is 73.1 Å². The Hall–Kier alpha value is -4.30. The lowest BCUT2D eigenvalue weighted by Gasteiger charge is -2.29. The van der Waals surface area contributed by atoms with Gasteiger partial charge in [0.25, 0.3) is 0 Å². The van der Waals surface area contributed by atoms with Crippen LogP contribution in [0.15, 0.2) is 115 Å². The fraction of sp³-hybridized carbons (Fsp3) is 0.268. The predicted octanol–water partition coefficient (Wildman–Crippen LogP) is 12.2. The molecule has 0 saturated carbocycles. The largest absolute Gasteiger partial charge is 0.311 e. The number of rotatable bonds is 12. The summed E-state index contributed by atoms with van der Waals surface area (Å²) in [5, 5.41) is 0. The average molecular weight is 567 g/mol. The van der Waals surface area contributed by atoms with E-state index >= 15 is 0 Å². The first-order valence-corrected chi connectivity index (χ1v) is 16.0. The Bertz CT molecular complexity index is 1580. The summed E-state index contributed by atoms with van der Waals surface area (Å²) in [4.78, 5) is 4.75. The van der Waals surface area contributed by atoms with Crippen molar-refractivity contribution in [2.24, 2.45) is 0 Å². The van der Waals surface area contributed by atoms with Gasteiger partial charge in [0.05, 0.1) is 0 Å². The van der Waals surface area contributed by atoms with Crippen LogP contribution < -0.4 is 9.80 Å². The highest BCUT2D eigenvalue weighted by molar-refractivity contribution is 5.82. The van der Waals surface area contributed by atoms with E-state index in [2.05, 4.69) is 160 Å². The Balaban J connectivity index is 1.53. The van der Waals surface area contributed by atoms with E-state index in [0.717, 1.165) is 29.9 Å². The van der Waals surface area contributed by atoms with E-state index in [-0.39, 0.29) is 0 Å². The molecule has 2 heteroatoms. The number of hydrogen-bond donors (Lipinski definition) is 0. The van der Waals surface area contributed by atoms with E-state index in [9.17, 15) is 0 Å². The molecular formula is C41H46N2. The van der Waals surface area contributed by atoms with Gasteiger partial charge < -0.3 is 9.80 Å². The molecule has 0 heterocycles. The smallest absolute Gasteiger partial charge is 0.0490 e. The highest BCUT2D eigenvalue weighted by atomic mass is 15.2. The molecule has 0 radical (unpaired) electrons. The van der Waals surface area contributed by atoms with Crippen molar-refractivity contribution in [3.05, 3.63) is 143 Å². The Morgan fingerprint density at radius 3 is 1.21 bits per heavy atom. The quantitative estimate of drug-likeness (QED) is 0.148. The molecule has 0 aliphatic heterocycles. The third-order valence-electron chi connectivity index (χ3n) is 8.28. The van der Waals surface area contributed by atoms with Crippen LogP contribution in [0.2, 0.25) is 0 Å². The summed E-state index contributed by atoms with van der Waals surface area (Å²) < 4.78 is 0. The van der Waals surface area contributed by atoms with E-state index in [1.165, 1.54) is 70.6 Å². The molecule has 0 bridgehead atoms. The molecule has 0 atom stereocenters. The summed E-state index contributed by atoms with van der Waals surface area (Å²) in [7, 11) is 0. The number of unbranched alkanes of at least 4 members (excludes halogenated alkanes) is 2. The van der Waals surface area contributed by atoms with Crippen LogP contribution in [0.5, 0.6) is 0 Å². The lowest BCUT2D eigenvalue weighted by atomic mass is 10.0. The van der Waals surface area contributed by atoms with Crippen molar-refractivity contribution in [3.8, 4) is 0 Å². The standard InChI is InChI=1S/C41H46N2/c1-6-8-10-34-15-21-37(22-16-34)42(36-19-12-31(3)13-20-36)38-25-27-40(28-26-38)43(41-29-14-32(4)30-33(41)5)39-23-17-35(18-24-39)11-9-7-2/h12-30H,6-11H2,1-5H3. The fourth-order valence-electron chi connectivity index (χ4n) is 5.76. The Morgan fingerprint density at radius 1 is 0.419 bits per heavy atom. The molecule has 0 spiro atoms. The number of benzene rings is 5. The molecule has 0 aliphatic carbocycles. The van der Waals surface area contributed by atoms with Crippen molar-refractivity contribution in [3.63, 3.8) is 0 Å². The highest BCUT2D eigenvalue weighted by Crippen LogP contribution is 2.40. The van der Waals surface area contributed by atoms with E-state index in [1.807, 2.05) is 0 Å². The van der Waals surface area contributed by atoms with Crippen molar-refractivity contribution in [2.75, 3.05) is 9.80 Å². The van der Waals surface area contributed by atoms with E-state index in [0.29, 0.717) is 0 Å². The molecule has 220 valence electrons. The fourth-order valence-corrected chi connectivity index (χ4v) is 5.76. The van der Waals surface area contributed by atoms with Crippen LogP contribution in [0.3, 0.4) is 0 Å². The number of hydrogen-bond acceptors (Lipinski definition) is 2. The molecule has 0 saturated heterocycles. The van der Waals surface area contributed by atoms with Crippen molar-refractivity contribution < 1.29 is 0 Å². The molecule has 0 amide bonds. The maximum absolute atomic E-state index is 2.39. The topological polar surface area (TPSA) is 6.48 Å². The summed E-state index contributed by atoms with van der Waals surface area (Å²) >= 11 is 0. The number of anilines is 6. The first-order valence-electron chi connectivity index (χ1n) is 16.0. The van der Waals surface area contributed by atoms with E-state index < -0.39 is 0 Å². The minimum absolute atomic E-state index is 1.13. The first-order chi connectivity index (χ1) is 21.0. The van der Waals surface area contributed by atoms with Crippen LogP contribution in [-0.2, 0) is 12.8 Å². The summed E-state index contributed by atoms with van der Waals surface area (Å²) in [5.41, 5.74) is 13.6. The maximum atomic E-state index is 2.39. The Kier molecular flexibility index (Phi) is 10.00. The highest BCUT2D eigenvalue weighted by Gasteiger charge is 2.17. The van der Waals surface area contributed by atoms with Crippen LogP contribution >= 0.6 is 0 Å². The van der Waals surface area contributed by atoms with Crippen LogP contribution in [0, 0.1) is 20.8 Å². The molecule has 0 aromatic heterocycles. The minimum atomic E-state index is 1.13. The first kappa shape index (κ1) is 30.2. The van der Waals surface area contributed by atoms with Gasteiger partial charge in [-0.15, -0.1) is 0 Å². The molecule has 43 heavy (non-hydrogen) atoms. The zero-order valence-electron chi connectivity index (χ0n) is 26.6. The maximum Gasteiger partial charge on any atom is 0.0490 e. The van der Waals surface area contributed by atoms with Gasteiger partial charge in [-0.2, -0.15) is 0 Å². The van der Waals surface area contributed by atoms with Gasteiger partial charge in [0.15, 0.2) is 0 Å². The molecule has 0 fully saturated rings. The van der Waals surface area contributed by atoms with Crippen LogP contribution in [0.1, 0.15) is 67.3 Å². The zero-order chi connectivity index (χ0) is 30.2. The van der Waals surface area contributed by atoms with Crippen LogP contribution in [-0.4, -0.2) is 0 Å². The van der Waals surface area contributed by atoms with Gasteiger partial charge in [-0.3, -0.25) is 0 Å². The van der Waals surface area contributed by atoms with Gasteiger partial charge in [-0.25, -0.2) is 0 Å². The summed E-state index contributed by atoms with van der Waals surface area (Å²) in [6, 6.07) is 42.8. The van der Waals surface area contributed by atoms with Crippen LogP contribution in [0.25, 0.3) is 0 Å². The SMILES string of the molecule is CCCCc1ccc(N(c2ccc(C)cc2)c2ccc(N(c3ccc(CCCC)cc3)c3ccc(C)cc3C)cc2)cc1. The monoisotopic (exact) mass is 566 g/mol. The van der Waals surface area contributed by atoms with Crippen molar-refractivity contribution in [1.29, 1.82) is 0 Å². The summed E-state index contributed by atoms with van der Waals surface area (Å²) in [6.07, 6.45) is 7.13. The predicted molar refractivity (Wildman–Crippen MR) is 187 cm³/mol. The second-order valence-corrected chi connectivity index (χ2v) is 11.9. The Labute approximate surface area is 259 Å². The third-order valence-corrected chi connectivity index (χ3v) is 8.28. The number of nitrogens with zero attached hydrogens (tertiary/aromatic N) is 2. The second kappa shape index (κ2) is 14.2. The van der Waals surface area contributed by atoms with Gasteiger partial charge in [0.2, 0.25) is 0 Å². The van der Waals surface area contributed by atoms with Gasteiger partial charge in [0, 0.05) is 34.1 Å². The van der Waals surface area contributed by atoms with Gasteiger partial charge >= 0.3 is 0 Å². The van der Waals surface area contributed by atoms with Gasteiger partial charge in [-0.05, 0) is 130 Å². The molecule has 0 N–H and O–H groups in total. The molecule has 0 unspecified atom stereocenters. The molecule has 5 aromatic rings. The lowest BCUT2D eigenvalue weighted by molar-refractivity contribution is 0.795. The molecular weight excluding hydrogens is 520 g/mol. The minimum Gasteiger partial charge on any atom is -0.311 e. The molecule has 5 rings (SSSR count). The number of aryl methyl sites for hydroxylation is 5. The normalized spacial score (nSPS) is 11.0. The van der Waals surface area contributed by atoms with E-state index in [4.69, 9.17) is 0 Å². The Morgan fingerprint density at radius 2 is 0.791 bits per heavy atom. The van der Waals surface area contributed by atoms with Crippen LogP contribution in [0.4, 0.5) is 34.1 Å². The molecule has 5 aromatic carbocycles. The average Bonchev–Trinajstić information content (AvgIpc) is 3.03. The van der Waals surface area contributed by atoms with Gasteiger partial charge in [0.1, 0.15) is 0 Å². The third kappa shape index (κ3) is 7.38. The lowest BCUT2D eigenvalue weighted by Crippen LogP contribution is -2.13.